The normalized spacial score (nSPS) is 31.7. The summed E-state index contributed by atoms with van der Waals surface area (Å²) in [5.41, 5.74) is 1.14. The summed E-state index contributed by atoms with van der Waals surface area (Å²) >= 11 is 0. The van der Waals surface area contributed by atoms with Crippen LogP contribution in [-0.4, -0.2) is 58.8 Å². The molecule has 1 aliphatic heterocycles. The van der Waals surface area contributed by atoms with Crippen LogP contribution in [0.25, 0.3) is 0 Å². The van der Waals surface area contributed by atoms with Gasteiger partial charge in [0.2, 0.25) is 0 Å². The average molecular weight is 337 g/mol. The van der Waals surface area contributed by atoms with E-state index in [0.717, 1.165) is 0 Å². The fourth-order valence-electron chi connectivity index (χ4n) is 3.58. The molecule has 0 bridgehead atoms. The molecule has 1 aliphatic carbocycles. The number of rotatable bonds is 4. The van der Waals surface area contributed by atoms with E-state index in [-0.39, 0.29) is 18.2 Å². The molecular weight excluding hydrogens is 314 g/mol. The number of amides is 1. The Balaban J connectivity index is 2.06. The average Bonchev–Trinajstić information content (AvgIpc) is 2.56. The number of carbonyl (C=O) groups excluding carboxylic acids is 1. The number of nitrogens with one attached hydrogen (secondary N) is 1. The van der Waals surface area contributed by atoms with Crippen molar-refractivity contribution in [2.24, 2.45) is 0 Å². The van der Waals surface area contributed by atoms with Crippen molar-refractivity contribution in [2.45, 2.75) is 50.5 Å². The number of fused-ring (bicyclic) bond motifs is 3. The maximum atomic E-state index is 12.4. The maximum absolute atomic E-state index is 12.4. The molecule has 132 valence electrons. The van der Waals surface area contributed by atoms with Crippen LogP contribution in [0.1, 0.15) is 42.1 Å². The zero-order valence-corrected chi connectivity index (χ0v) is 13.7. The summed E-state index contributed by atoms with van der Waals surface area (Å²) in [4.78, 5) is 12.4. The number of hydrogen-bond donors (Lipinski definition) is 4. The fraction of sp³-hybridized carbons (Fsp3) is 0.588. The van der Waals surface area contributed by atoms with Gasteiger partial charge in [-0.1, -0.05) is 0 Å². The molecule has 4 N–H and O–H groups in total. The molecule has 7 heteroatoms. The monoisotopic (exact) mass is 337 g/mol. The van der Waals surface area contributed by atoms with Crippen LogP contribution in [0.3, 0.4) is 0 Å². The summed E-state index contributed by atoms with van der Waals surface area (Å²) in [6, 6.07) is 2.74. The van der Waals surface area contributed by atoms with Crippen molar-refractivity contribution in [2.75, 3.05) is 13.2 Å². The summed E-state index contributed by atoms with van der Waals surface area (Å²) in [6.07, 6.45) is -3.30. The van der Waals surface area contributed by atoms with Gasteiger partial charge in [0.15, 0.2) is 11.5 Å². The van der Waals surface area contributed by atoms with E-state index >= 15 is 0 Å². The first-order valence-corrected chi connectivity index (χ1v) is 8.26. The van der Waals surface area contributed by atoms with E-state index in [0.29, 0.717) is 35.8 Å². The Morgan fingerprint density at radius 1 is 1.08 bits per heavy atom. The number of aliphatic hydroxyl groups excluding tert-OH is 3. The Kier molecular flexibility index (Phi) is 4.67. The van der Waals surface area contributed by atoms with Gasteiger partial charge in [0.25, 0.3) is 5.91 Å². The molecule has 1 saturated carbocycles. The third kappa shape index (κ3) is 2.72. The summed E-state index contributed by atoms with van der Waals surface area (Å²) < 4.78 is 11.2. The molecule has 3 rings (SSSR count). The largest absolute Gasteiger partial charge is 0.490 e. The summed E-state index contributed by atoms with van der Waals surface area (Å²) in [7, 11) is 0. The van der Waals surface area contributed by atoms with Gasteiger partial charge in [-0.05, 0) is 38.0 Å². The van der Waals surface area contributed by atoms with E-state index in [9.17, 15) is 20.1 Å². The van der Waals surface area contributed by atoms with Crippen LogP contribution in [0.5, 0.6) is 11.5 Å². The third-order valence-corrected chi connectivity index (χ3v) is 4.70. The van der Waals surface area contributed by atoms with Crippen LogP contribution in [0.4, 0.5) is 0 Å². The summed E-state index contributed by atoms with van der Waals surface area (Å²) in [6.45, 7) is 4.59. The van der Waals surface area contributed by atoms with Crippen LogP contribution in [-0.2, 0) is 0 Å². The molecular formula is C17H23NO6. The molecule has 1 amide bonds. The number of hydrogen-bond acceptors (Lipinski definition) is 6. The molecule has 5 atom stereocenters. The molecule has 0 spiro atoms. The zero-order chi connectivity index (χ0) is 17.4. The summed E-state index contributed by atoms with van der Waals surface area (Å²) in [5, 5.41) is 32.8. The molecule has 1 heterocycles. The standard InChI is InChI=1S/C17H23NO6/c1-3-23-12-6-8-9-5-11(19)15(20)16(21)14(9)18-17(22)10(8)7-13(12)24-4-2/h6-7,9,11,14-16,19-21H,3-5H2,1-2H3,(H,18,22)/t9-,11+,14-,15-,16+/m0/s1. The minimum absolute atomic E-state index is 0.246. The lowest BCUT2D eigenvalue weighted by Crippen LogP contribution is -2.61. The molecule has 0 aromatic heterocycles. The Morgan fingerprint density at radius 2 is 1.71 bits per heavy atom. The highest BCUT2D eigenvalue weighted by Crippen LogP contribution is 2.42. The lowest BCUT2D eigenvalue weighted by Gasteiger charge is -2.44. The van der Waals surface area contributed by atoms with Crippen LogP contribution < -0.4 is 14.8 Å². The topological polar surface area (TPSA) is 108 Å². The van der Waals surface area contributed by atoms with Crippen molar-refractivity contribution < 1.29 is 29.6 Å². The second-order valence-electron chi connectivity index (χ2n) is 6.14. The second-order valence-corrected chi connectivity index (χ2v) is 6.14. The van der Waals surface area contributed by atoms with E-state index in [1.807, 2.05) is 13.8 Å². The van der Waals surface area contributed by atoms with Crippen molar-refractivity contribution in [3.8, 4) is 11.5 Å². The Labute approximate surface area is 140 Å². The first kappa shape index (κ1) is 17.0. The van der Waals surface area contributed by atoms with Gasteiger partial charge in [0.05, 0.1) is 25.4 Å². The highest BCUT2D eigenvalue weighted by molar-refractivity contribution is 5.98. The van der Waals surface area contributed by atoms with Crippen LogP contribution in [0, 0.1) is 0 Å². The van der Waals surface area contributed by atoms with Crippen molar-refractivity contribution in [1.82, 2.24) is 5.32 Å². The predicted molar refractivity (Wildman–Crippen MR) is 85.4 cm³/mol. The minimum Gasteiger partial charge on any atom is -0.490 e. The fourth-order valence-corrected chi connectivity index (χ4v) is 3.58. The third-order valence-electron chi connectivity index (χ3n) is 4.70. The van der Waals surface area contributed by atoms with E-state index in [1.54, 1.807) is 12.1 Å². The molecule has 7 nitrogen and oxygen atoms in total. The van der Waals surface area contributed by atoms with Gasteiger partial charge >= 0.3 is 0 Å². The van der Waals surface area contributed by atoms with Gasteiger partial charge in [0.1, 0.15) is 12.2 Å². The number of benzene rings is 1. The second kappa shape index (κ2) is 6.58. The van der Waals surface area contributed by atoms with E-state index in [2.05, 4.69) is 5.32 Å². The molecule has 24 heavy (non-hydrogen) atoms. The molecule has 1 aromatic rings. The smallest absolute Gasteiger partial charge is 0.252 e. The number of ether oxygens (including phenoxy) is 2. The van der Waals surface area contributed by atoms with Gasteiger partial charge in [-0.15, -0.1) is 0 Å². The predicted octanol–water partition coefficient (Wildman–Crippen LogP) is 0.166. The lowest BCUT2D eigenvalue weighted by atomic mass is 9.72. The molecule has 0 radical (unpaired) electrons. The number of carbonyl (C=O) groups is 1. The maximum Gasteiger partial charge on any atom is 0.252 e. The Hall–Kier alpha value is -1.83. The van der Waals surface area contributed by atoms with Gasteiger partial charge in [-0.25, -0.2) is 0 Å². The molecule has 0 unspecified atom stereocenters. The first-order chi connectivity index (χ1) is 11.5. The van der Waals surface area contributed by atoms with Crippen molar-refractivity contribution in [3.63, 3.8) is 0 Å². The highest BCUT2D eigenvalue weighted by atomic mass is 16.5. The SMILES string of the molecule is CCOc1cc2c(cc1OCC)[C@@H]1C[C@@H](O)[C@H](O)[C@H](O)[C@H]1NC2=O. The summed E-state index contributed by atoms with van der Waals surface area (Å²) in [5.74, 6) is 0.379. The molecule has 1 fully saturated rings. The Morgan fingerprint density at radius 3 is 2.33 bits per heavy atom. The zero-order valence-electron chi connectivity index (χ0n) is 13.7. The van der Waals surface area contributed by atoms with Gasteiger partial charge in [-0.3, -0.25) is 4.79 Å². The van der Waals surface area contributed by atoms with Crippen LogP contribution in [0.15, 0.2) is 12.1 Å². The van der Waals surface area contributed by atoms with Crippen LogP contribution >= 0.6 is 0 Å². The van der Waals surface area contributed by atoms with Gasteiger partial charge in [-0.2, -0.15) is 0 Å². The van der Waals surface area contributed by atoms with Gasteiger partial charge in [0, 0.05) is 11.5 Å². The lowest BCUT2D eigenvalue weighted by molar-refractivity contribution is -0.104. The molecule has 1 aromatic carbocycles. The molecule has 0 saturated heterocycles. The highest BCUT2D eigenvalue weighted by Gasteiger charge is 2.47. The van der Waals surface area contributed by atoms with Crippen LogP contribution in [0.2, 0.25) is 0 Å². The van der Waals surface area contributed by atoms with E-state index in [4.69, 9.17) is 9.47 Å². The van der Waals surface area contributed by atoms with E-state index < -0.39 is 24.4 Å². The van der Waals surface area contributed by atoms with Crippen molar-refractivity contribution >= 4 is 5.91 Å². The van der Waals surface area contributed by atoms with Crippen molar-refractivity contribution in [3.05, 3.63) is 23.3 Å². The quantitative estimate of drug-likeness (QED) is 0.624. The van der Waals surface area contributed by atoms with Crippen molar-refractivity contribution in [1.29, 1.82) is 0 Å². The minimum atomic E-state index is -1.28. The number of aliphatic hydroxyl groups is 3. The van der Waals surface area contributed by atoms with E-state index in [1.165, 1.54) is 0 Å². The first-order valence-electron chi connectivity index (χ1n) is 8.26. The Bertz CT molecular complexity index is 634. The molecule has 2 aliphatic rings. The van der Waals surface area contributed by atoms with Gasteiger partial charge < -0.3 is 30.1 Å².